The predicted molar refractivity (Wildman–Crippen MR) is 39.5 cm³/mol. The van der Waals surface area contributed by atoms with Crippen molar-refractivity contribution >= 4 is 0 Å². The van der Waals surface area contributed by atoms with Crippen LogP contribution in [0.1, 0.15) is 20.3 Å². The standard InChI is InChI=1S/C7H16N2/c1-6-3-4-8-7(2)5-9-6/h6-9H,3-5H2,1-2H3/t6-,7?/m0/s1. The van der Waals surface area contributed by atoms with Gasteiger partial charge in [0.15, 0.2) is 0 Å². The highest BCUT2D eigenvalue weighted by molar-refractivity contribution is 4.73. The minimum Gasteiger partial charge on any atom is -0.313 e. The van der Waals surface area contributed by atoms with Crippen LogP contribution < -0.4 is 10.6 Å². The molecular weight excluding hydrogens is 112 g/mol. The van der Waals surface area contributed by atoms with E-state index in [-0.39, 0.29) is 0 Å². The Balaban J connectivity index is 2.25. The summed E-state index contributed by atoms with van der Waals surface area (Å²) >= 11 is 0. The topological polar surface area (TPSA) is 24.1 Å². The van der Waals surface area contributed by atoms with Crippen LogP contribution in [0.3, 0.4) is 0 Å². The van der Waals surface area contributed by atoms with Crippen molar-refractivity contribution in [2.24, 2.45) is 0 Å². The van der Waals surface area contributed by atoms with Crippen LogP contribution in [-0.2, 0) is 0 Å². The first kappa shape index (κ1) is 7.03. The lowest BCUT2D eigenvalue weighted by atomic mass is 10.2. The van der Waals surface area contributed by atoms with Crippen molar-refractivity contribution < 1.29 is 0 Å². The number of hydrogen-bond donors (Lipinski definition) is 2. The summed E-state index contributed by atoms with van der Waals surface area (Å²) in [5, 5.41) is 6.84. The molecule has 0 aromatic heterocycles. The van der Waals surface area contributed by atoms with Crippen LogP contribution in [-0.4, -0.2) is 25.2 Å². The first-order valence-corrected chi connectivity index (χ1v) is 3.76. The second-order valence-corrected chi connectivity index (χ2v) is 2.95. The maximum absolute atomic E-state index is 3.43. The molecule has 0 bridgehead atoms. The van der Waals surface area contributed by atoms with Gasteiger partial charge in [-0.2, -0.15) is 0 Å². The van der Waals surface area contributed by atoms with Gasteiger partial charge in [0.2, 0.25) is 0 Å². The molecule has 2 N–H and O–H groups in total. The van der Waals surface area contributed by atoms with Gasteiger partial charge in [-0.25, -0.2) is 0 Å². The van der Waals surface area contributed by atoms with Crippen LogP contribution in [0.5, 0.6) is 0 Å². The van der Waals surface area contributed by atoms with E-state index in [4.69, 9.17) is 0 Å². The lowest BCUT2D eigenvalue weighted by molar-refractivity contribution is 0.540. The third kappa shape index (κ3) is 2.33. The SMILES string of the molecule is CC1CN[C@@H](C)CCN1. The fourth-order valence-corrected chi connectivity index (χ4v) is 1.10. The normalized spacial score (nSPS) is 38.0. The van der Waals surface area contributed by atoms with E-state index in [9.17, 15) is 0 Å². The molecule has 1 aliphatic rings. The molecule has 2 atom stereocenters. The highest BCUT2D eigenvalue weighted by Crippen LogP contribution is 1.94. The van der Waals surface area contributed by atoms with Gasteiger partial charge in [-0.1, -0.05) is 0 Å². The maximum Gasteiger partial charge on any atom is 0.0164 e. The van der Waals surface area contributed by atoms with Gasteiger partial charge in [0.25, 0.3) is 0 Å². The average Bonchev–Trinajstić information content (AvgIpc) is 1.97. The second kappa shape index (κ2) is 3.18. The Morgan fingerprint density at radius 3 is 2.67 bits per heavy atom. The molecule has 0 radical (unpaired) electrons. The molecule has 0 aromatic rings. The monoisotopic (exact) mass is 128 g/mol. The van der Waals surface area contributed by atoms with Crippen LogP contribution in [0.4, 0.5) is 0 Å². The summed E-state index contributed by atoms with van der Waals surface area (Å²) in [4.78, 5) is 0. The van der Waals surface area contributed by atoms with Crippen LogP contribution in [0.15, 0.2) is 0 Å². The first-order chi connectivity index (χ1) is 4.29. The van der Waals surface area contributed by atoms with E-state index in [0.29, 0.717) is 12.1 Å². The van der Waals surface area contributed by atoms with Gasteiger partial charge < -0.3 is 10.6 Å². The molecule has 0 spiro atoms. The van der Waals surface area contributed by atoms with Crippen molar-refractivity contribution in [3.05, 3.63) is 0 Å². The summed E-state index contributed by atoms with van der Waals surface area (Å²) in [6.07, 6.45) is 1.25. The third-order valence-corrected chi connectivity index (χ3v) is 1.84. The molecule has 2 heteroatoms. The summed E-state index contributed by atoms with van der Waals surface area (Å²) < 4.78 is 0. The minimum atomic E-state index is 0.648. The van der Waals surface area contributed by atoms with Crippen molar-refractivity contribution in [3.8, 4) is 0 Å². The molecule has 0 aliphatic carbocycles. The molecule has 1 heterocycles. The molecule has 0 aromatic carbocycles. The Labute approximate surface area is 57.0 Å². The van der Waals surface area contributed by atoms with Gasteiger partial charge >= 0.3 is 0 Å². The molecule has 1 rings (SSSR count). The fraction of sp³-hybridized carbons (Fsp3) is 1.00. The van der Waals surface area contributed by atoms with Crippen molar-refractivity contribution in [1.82, 2.24) is 10.6 Å². The van der Waals surface area contributed by atoms with E-state index in [1.54, 1.807) is 0 Å². The van der Waals surface area contributed by atoms with Crippen molar-refractivity contribution in [2.75, 3.05) is 13.1 Å². The number of nitrogens with one attached hydrogen (secondary N) is 2. The van der Waals surface area contributed by atoms with Crippen molar-refractivity contribution in [2.45, 2.75) is 32.4 Å². The Morgan fingerprint density at radius 1 is 1.11 bits per heavy atom. The van der Waals surface area contributed by atoms with E-state index < -0.39 is 0 Å². The highest BCUT2D eigenvalue weighted by atomic mass is 15.0. The first-order valence-electron chi connectivity index (χ1n) is 3.76. The van der Waals surface area contributed by atoms with Gasteiger partial charge in [0, 0.05) is 18.6 Å². The smallest absolute Gasteiger partial charge is 0.0164 e. The largest absolute Gasteiger partial charge is 0.313 e. The zero-order valence-electron chi connectivity index (χ0n) is 6.28. The fourth-order valence-electron chi connectivity index (χ4n) is 1.10. The molecule has 1 saturated heterocycles. The Kier molecular flexibility index (Phi) is 2.49. The Bertz CT molecular complexity index is 73.0. The number of rotatable bonds is 0. The summed E-state index contributed by atoms with van der Waals surface area (Å²) in [6.45, 7) is 6.72. The van der Waals surface area contributed by atoms with Gasteiger partial charge in [-0.3, -0.25) is 0 Å². The highest BCUT2D eigenvalue weighted by Gasteiger charge is 2.09. The van der Waals surface area contributed by atoms with E-state index >= 15 is 0 Å². The third-order valence-electron chi connectivity index (χ3n) is 1.84. The van der Waals surface area contributed by atoms with Gasteiger partial charge in [-0.15, -0.1) is 0 Å². The van der Waals surface area contributed by atoms with Crippen LogP contribution in [0.25, 0.3) is 0 Å². The Morgan fingerprint density at radius 2 is 1.89 bits per heavy atom. The van der Waals surface area contributed by atoms with E-state index in [0.717, 1.165) is 13.1 Å². The molecule has 1 unspecified atom stereocenters. The molecule has 1 fully saturated rings. The summed E-state index contributed by atoms with van der Waals surface area (Å²) in [7, 11) is 0. The van der Waals surface area contributed by atoms with E-state index in [2.05, 4.69) is 24.5 Å². The van der Waals surface area contributed by atoms with Gasteiger partial charge in [0.1, 0.15) is 0 Å². The summed E-state index contributed by atoms with van der Waals surface area (Å²) in [5.41, 5.74) is 0. The summed E-state index contributed by atoms with van der Waals surface area (Å²) in [5.74, 6) is 0. The van der Waals surface area contributed by atoms with E-state index in [1.165, 1.54) is 6.42 Å². The molecule has 2 nitrogen and oxygen atoms in total. The zero-order valence-corrected chi connectivity index (χ0v) is 6.28. The molecule has 0 saturated carbocycles. The lowest BCUT2D eigenvalue weighted by Crippen LogP contribution is -2.33. The second-order valence-electron chi connectivity index (χ2n) is 2.95. The quantitative estimate of drug-likeness (QED) is 0.492. The predicted octanol–water partition coefficient (Wildman–Crippen LogP) is 0.346. The number of hydrogen-bond acceptors (Lipinski definition) is 2. The van der Waals surface area contributed by atoms with Crippen LogP contribution >= 0.6 is 0 Å². The lowest BCUT2D eigenvalue weighted by Gasteiger charge is -2.09. The van der Waals surface area contributed by atoms with Crippen molar-refractivity contribution in [3.63, 3.8) is 0 Å². The molecule has 1 aliphatic heterocycles. The average molecular weight is 128 g/mol. The van der Waals surface area contributed by atoms with E-state index in [1.807, 2.05) is 0 Å². The van der Waals surface area contributed by atoms with Crippen LogP contribution in [0.2, 0.25) is 0 Å². The minimum absolute atomic E-state index is 0.648. The van der Waals surface area contributed by atoms with Crippen LogP contribution in [0, 0.1) is 0 Å². The van der Waals surface area contributed by atoms with Crippen molar-refractivity contribution in [1.29, 1.82) is 0 Å². The maximum atomic E-state index is 3.43. The van der Waals surface area contributed by atoms with Gasteiger partial charge in [0.05, 0.1) is 0 Å². The molecule has 9 heavy (non-hydrogen) atoms. The Hall–Kier alpha value is -0.0800. The van der Waals surface area contributed by atoms with Gasteiger partial charge in [-0.05, 0) is 26.8 Å². The zero-order chi connectivity index (χ0) is 6.69. The summed E-state index contributed by atoms with van der Waals surface area (Å²) in [6, 6.07) is 1.34. The molecular formula is C7H16N2. The molecule has 0 amide bonds. The molecule has 54 valence electrons.